The van der Waals surface area contributed by atoms with Crippen LogP contribution in [0.3, 0.4) is 0 Å². The largest absolute Gasteiger partial charge is 0.497 e. The van der Waals surface area contributed by atoms with Crippen molar-refractivity contribution in [2.45, 2.75) is 26.4 Å². The molecule has 0 fully saturated rings. The second-order valence-corrected chi connectivity index (χ2v) is 6.10. The van der Waals surface area contributed by atoms with Gasteiger partial charge in [0, 0.05) is 23.4 Å². The van der Waals surface area contributed by atoms with Crippen molar-refractivity contribution in [1.29, 1.82) is 0 Å². The first-order valence-electron chi connectivity index (χ1n) is 8.37. The fourth-order valence-corrected chi connectivity index (χ4v) is 2.73. The molecule has 0 aliphatic heterocycles. The van der Waals surface area contributed by atoms with Gasteiger partial charge in [-0.05, 0) is 42.7 Å². The van der Waals surface area contributed by atoms with E-state index in [1.54, 1.807) is 13.2 Å². The fraction of sp³-hybridized carbons (Fsp3) is 0.238. The summed E-state index contributed by atoms with van der Waals surface area (Å²) in [6.45, 7) is 1.97. The maximum atomic E-state index is 12.0. The van der Waals surface area contributed by atoms with Gasteiger partial charge in [0.2, 0.25) is 0 Å². The van der Waals surface area contributed by atoms with Gasteiger partial charge in [-0.2, -0.15) is 0 Å². The summed E-state index contributed by atoms with van der Waals surface area (Å²) in [5.41, 5.74) is 2.72. The molecule has 0 N–H and O–H groups in total. The van der Waals surface area contributed by atoms with E-state index in [0.29, 0.717) is 17.6 Å². The molecule has 0 saturated heterocycles. The lowest BCUT2D eigenvalue weighted by Gasteiger charge is -2.08. The zero-order chi connectivity index (χ0) is 18.5. The minimum Gasteiger partial charge on any atom is -0.497 e. The molecule has 2 aromatic carbocycles. The van der Waals surface area contributed by atoms with Crippen LogP contribution < -0.4 is 10.4 Å². The molecule has 1 heterocycles. The van der Waals surface area contributed by atoms with Crippen molar-refractivity contribution in [3.63, 3.8) is 0 Å². The summed E-state index contributed by atoms with van der Waals surface area (Å²) >= 11 is 0. The molecule has 0 aliphatic carbocycles. The molecule has 5 nitrogen and oxygen atoms in total. The van der Waals surface area contributed by atoms with Crippen LogP contribution in [-0.2, 0) is 22.6 Å². The number of aryl methyl sites for hydroxylation is 2. The number of methoxy groups -OCH3 is 1. The predicted molar refractivity (Wildman–Crippen MR) is 98.3 cm³/mol. The van der Waals surface area contributed by atoms with Gasteiger partial charge in [0.05, 0.1) is 7.11 Å². The molecule has 3 rings (SSSR count). The monoisotopic (exact) mass is 352 g/mol. The number of esters is 1. The molecule has 1 aromatic heterocycles. The second-order valence-electron chi connectivity index (χ2n) is 6.10. The van der Waals surface area contributed by atoms with Crippen LogP contribution in [-0.4, -0.2) is 13.1 Å². The smallest absolute Gasteiger partial charge is 0.336 e. The number of rotatable bonds is 6. The highest BCUT2D eigenvalue weighted by Crippen LogP contribution is 2.19. The minimum absolute atomic E-state index is 0.0482. The van der Waals surface area contributed by atoms with Gasteiger partial charge >= 0.3 is 11.6 Å². The third-order valence-electron chi connectivity index (χ3n) is 4.15. The van der Waals surface area contributed by atoms with E-state index >= 15 is 0 Å². The average Bonchev–Trinajstić information content (AvgIpc) is 2.64. The highest BCUT2D eigenvalue weighted by atomic mass is 16.5. The van der Waals surface area contributed by atoms with E-state index in [2.05, 4.69) is 0 Å². The number of carbonyl (C=O) groups is 1. The standard InChI is InChI=1S/C21H20O5/c1-14-3-9-18-16(12-21(23)26-19(18)11-14)13-25-20(22)10-6-15-4-7-17(24-2)8-5-15/h3-5,7-9,11-12H,6,10,13H2,1-2H3. The number of carbonyl (C=O) groups excluding carboxylic acids is 1. The van der Waals surface area contributed by atoms with E-state index in [4.69, 9.17) is 13.9 Å². The Hall–Kier alpha value is -3.08. The summed E-state index contributed by atoms with van der Waals surface area (Å²) in [7, 11) is 1.61. The molecule has 0 aliphatic rings. The quantitative estimate of drug-likeness (QED) is 0.499. The zero-order valence-electron chi connectivity index (χ0n) is 14.8. The molecule has 0 radical (unpaired) electrons. The molecule has 0 bridgehead atoms. The molecule has 0 spiro atoms. The highest BCUT2D eigenvalue weighted by molar-refractivity contribution is 5.81. The van der Waals surface area contributed by atoms with Gasteiger partial charge in [-0.1, -0.05) is 24.3 Å². The van der Waals surface area contributed by atoms with Crippen LogP contribution in [0.25, 0.3) is 11.0 Å². The maximum Gasteiger partial charge on any atom is 0.336 e. The van der Waals surface area contributed by atoms with E-state index in [1.807, 2.05) is 43.3 Å². The lowest BCUT2D eigenvalue weighted by Crippen LogP contribution is -2.08. The Morgan fingerprint density at radius 1 is 1.08 bits per heavy atom. The van der Waals surface area contributed by atoms with Gasteiger partial charge in [0.1, 0.15) is 17.9 Å². The molecule has 0 unspecified atom stereocenters. The Balaban J connectivity index is 1.62. The molecule has 0 atom stereocenters. The van der Waals surface area contributed by atoms with Crippen molar-refractivity contribution < 1.29 is 18.7 Å². The van der Waals surface area contributed by atoms with Crippen LogP contribution in [0.4, 0.5) is 0 Å². The third kappa shape index (κ3) is 4.30. The van der Waals surface area contributed by atoms with Gasteiger partial charge in [-0.15, -0.1) is 0 Å². The van der Waals surface area contributed by atoms with Crippen LogP contribution in [0, 0.1) is 6.92 Å². The number of hydrogen-bond donors (Lipinski definition) is 0. The van der Waals surface area contributed by atoms with Crippen molar-refractivity contribution >= 4 is 16.9 Å². The Morgan fingerprint density at radius 2 is 1.85 bits per heavy atom. The van der Waals surface area contributed by atoms with Crippen LogP contribution in [0.2, 0.25) is 0 Å². The summed E-state index contributed by atoms with van der Waals surface area (Å²) < 4.78 is 15.7. The number of fused-ring (bicyclic) bond motifs is 1. The Kier molecular flexibility index (Phi) is 5.37. The molecule has 134 valence electrons. The Bertz CT molecular complexity index is 970. The summed E-state index contributed by atoms with van der Waals surface area (Å²) in [5.74, 6) is 0.468. The van der Waals surface area contributed by atoms with Crippen LogP contribution in [0.15, 0.2) is 57.7 Å². The summed E-state index contributed by atoms with van der Waals surface area (Å²) in [6.07, 6.45) is 0.852. The SMILES string of the molecule is COc1ccc(CCC(=O)OCc2cc(=O)oc3cc(C)ccc23)cc1. The van der Waals surface area contributed by atoms with Gasteiger partial charge < -0.3 is 13.9 Å². The Labute approximate surface area is 151 Å². The summed E-state index contributed by atoms with van der Waals surface area (Å²) in [6, 6.07) is 14.5. The van der Waals surface area contributed by atoms with Crippen LogP contribution in [0.1, 0.15) is 23.1 Å². The van der Waals surface area contributed by atoms with Gasteiger partial charge in [-0.3, -0.25) is 4.79 Å². The summed E-state index contributed by atoms with van der Waals surface area (Å²) in [4.78, 5) is 23.7. The third-order valence-corrected chi connectivity index (χ3v) is 4.15. The normalized spacial score (nSPS) is 10.7. The van der Waals surface area contributed by atoms with Gasteiger partial charge in [0.15, 0.2) is 0 Å². The predicted octanol–water partition coefficient (Wildman–Crippen LogP) is 3.79. The minimum atomic E-state index is -0.451. The average molecular weight is 352 g/mol. The molecular formula is C21H20O5. The first-order valence-corrected chi connectivity index (χ1v) is 8.37. The number of benzene rings is 2. The first kappa shape index (κ1) is 17.7. The zero-order valence-corrected chi connectivity index (χ0v) is 14.8. The van der Waals surface area contributed by atoms with E-state index in [9.17, 15) is 9.59 Å². The van der Waals surface area contributed by atoms with Crippen molar-refractivity contribution in [1.82, 2.24) is 0 Å². The molecule has 0 saturated carbocycles. The molecule has 26 heavy (non-hydrogen) atoms. The van der Waals surface area contributed by atoms with E-state index in [-0.39, 0.29) is 19.0 Å². The van der Waals surface area contributed by atoms with E-state index < -0.39 is 5.63 Å². The second kappa shape index (κ2) is 7.87. The van der Waals surface area contributed by atoms with Gasteiger partial charge in [0.25, 0.3) is 0 Å². The topological polar surface area (TPSA) is 65.7 Å². The highest BCUT2D eigenvalue weighted by Gasteiger charge is 2.09. The lowest BCUT2D eigenvalue weighted by molar-refractivity contribution is -0.144. The molecule has 3 aromatic rings. The number of hydrogen-bond acceptors (Lipinski definition) is 5. The van der Waals surface area contributed by atoms with Crippen molar-refractivity contribution in [3.8, 4) is 5.75 Å². The van der Waals surface area contributed by atoms with Crippen molar-refractivity contribution in [2.75, 3.05) is 7.11 Å². The molecular weight excluding hydrogens is 332 g/mol. The number of ether oxygens (including phenoxy) is 2. The lowest BCUT2D eigenvalue weighted by atomic mass is 10.1. The maximum absolute atomic E-state index is 12.0. The van der Waals surface area contributed by atoms with Gasteiger partial charge in [-0.25, -0.2) is 4.79 Å². The van der Waals surface area contributed by atoms with Crippen LogP contribution in [0.5, 0.6) is 5.75 Å². The Morgan fingerprint density at radius 3 is 2.58 bits per heavy atom. The summed E-state index contributed by atoms with van der Waals surface area (Å²) in [5, 5.41) is 0.776. The van der Waals surface area contributed by atoms with E-state index in [1.165, 1.54) is 6.07 Å². The van der Waals surface area contributed by atoms with Crippen LogP contribution >= 0.6 is 0 Å². The molecule has 0 amide bonds. The first-order chi connectivity index (χ1) is 12.5. The fourth-order valence-electron chi connectivity index (χ4n) is 2.73. The van der Waals surface area contributed by atoms with E-state index in [0.717, 1.165) is 22.3 Å². The van der Waals surface area contributed by atoms with Crippen molar-refractivity contribution in [2.24, 2.45) is 0 Å². The molecule has 5 heteroatoms. The van der Waals surface area contributed by atoms with Crippen molar-refractivity contribution in [3.05, 3.63) is 75.6 Å².